The number of aromatic nitrogens is 2. The fourth-order valence-electron chi connectivity index (χ4n) is 1.65. The minimum absolute atomic E-state index is 0.251. The van der Waals surface area contributed by atoms with E-state index in [4.69, 9.17) is 4.42 Å². The third-order valence-corrected chi connectivity index (χ3v) is 3.16. The molecule has 0 aromatic carbocycles. The number of H-pyrrole nitrogens is 1. The Kier molecular flexibility index (Phi) is 2.95. The molecule has 0 saturated carbocycles. The van der Waals surface area contributed by atoms with Crippen molar-refractivity contribution in [3.05, 3.63) is 41.4 Å². The maximum atomic E-state index is 5.49. The molecule has 2 rings (SSSR count). The minimum atomic E-state index is 0.251. The van der Waals surface area contributed by atoms with Gasteiger partial charge in [-0.3, -0.25) is 0 Å². The molecule has 4 heteroatoms. The van der Waals surface area contributed by atoms with Gasteiger partial charge in [0.15, 0.2) is 0 Å². The zero-order chi connectivity index (χ0) is 10.8. The highest BCUT2D eigenvalue weighted by Crippen LogP contribution is 2.30. The summed E-state index contributed by atoms with van der Waals surface area (Å²) in [4.78, 5) is 7.55. The molecule has 0 saturated heterocycles. The highest BCUT2D eigenvalue weighted by atomic mass is 79.9. The van der Waals surface area contributed by atoms with Crippen LogP contribution in [0.1, 0.15) is 27.7 Å². The number of halogens is 1. The van der Waals surface area contributed by atoms with Crippen molar-refractivity contribution in [2.24, 2.45) is 0 Å². The number of rotatable bonds is 3. The van der Waals surface area contributed by atoms with Gasteiger partial charge in [0, 0.05) is 29.2 Å². The smallest absolute Gasteiger partial charge is 0.107 e. The third kappa shape index (κ3) is 2.31. The predicted octanol–water partition coefficient (Wildman–Crippen LogP) is 3.30. The molecule has 0 fully saturated rings. The van der Waals surface area contributed by atoms with E-state index in [2.05, 4.69) is 32.0 Å². The Bertz CT molecular complexity index is 433. The Balaban J connectivity index is 2.14. The van der Waals surface area contributed by atoms with Gasteiger partial charge >= 0.3 is 0 Å². The van der Waals surface area contributed by atoms with Gasteiger partial charge in [0.25, 0.3) is 0 Å². The van der Waals surface area contributed by atoms with Crippen molar-refractivity contribution >= 4 is 15.9 Å². The number of furan rings is 1. The molecule has 1 N–H and O–H groups in total. The minimum Gasteiger partial charge on any atom is -0.466 e. The SMILES string of the molecule is Cc1cc(C(Br)Cc2ncc[nH]2)c(C)o1. The van der Waals surface area contributed by atoms with Crippen LogP contribution >= 0.6 is 15.9 Å². The van der Waals surface area contributed by atoms with Gasteiger partial charge in [-0.1, -0.05) is 15.9 Å². The molecule has 1 unspecified atom stereocenters. The largest absolute Gasteiger partial charge is 0.466 e. The Morgan fingerprint density at radius 3 is 2.87 bits per heavy atom. The first kappa shape index (κ1) is 10.5. The molecule has 2 heterocycles. The van der Waals surface area contributed by atoms with E-state index in [1.54, 1.807) is 6.20 Å². The van der Waals surface area contributed by atoms with Crippen LogP contribution in [0, 0.1) is 13.8 Å². The molecule has 80 valence electrons. The van der Waals surface area contributed by atoms with Crippen LogP contribution in [0.4, 0.5) is 0 Å². The fourth-order valence-corrected chi connectivity index (χ4v) is 2.41. The van der Waals surface area contributed by atoms with Crippen LogP contribution in [-0.4, -0.2) is 9.97 Å². The van der Waals surface area contributed by atoms with Crippen LogP contribution in [0.25, 0.3) is 0 Å². The van der Waals surface area contributed by atoms with Crippen LogP contribution in [0.2, 0.25) is 0 Å². The normalized spacial score (nSPS) is 13.0. The predicted molar refractivity (Wildman–Crippen MR) is 62.1 cm³/mol. The molecule has 0 aliphatic heterocycles. The van der Waals surface area contributed by atoms with Crippen LogP contribution in [0.5, 0.6) is 0 Å². The average Bonchev–Trinajstić information content (AvgIpc) is 2.75. The summed E-state index contributed by atoms with van der Waals surface area (Å²) in [7, 11) is 0. The summed E-state index contributed by atoms with van der Waals surface area (Å²) in [6.45, 7) is 3.95. The van der Waals surface area contributed by atoms with E-state index in [-0.39, 0.29) is 4.83 Å². The van der Waals surface area contributed by atoms with E-state index in [0.29, 0.717) is 0 Å². The van der Waals surface area contributed by atoms with E-state index in [1.807, 2.05) is 20.0 Å². The topological polar surface area (TPSA) is 41.8 Å². The van der Waals surface area contributed by atoms with Crippen molar-refractivity contribution in [1.29, 1.82) is 0 Å². The van der Waals surface area contributed by atoms with E-state index in [9.17, 15) is 0 Å². The average molecular weight is 269 g/mol. The van der Waals surface area contributed by atoms with Crippen molar-refractivity contribution in [2.45, 2.75) is 25.1 Å². The molecule has 3 nitrogen and oxygen atoms in total. The lowest BCUT2D eigenvalue weighted by atomic mass is 10.1. The lowest BCUT2D eigenvalue weighted by Gasteiger charge is -2.05. The second-order valence-corrected chi connectivity index (χ2v) is 4.68. The van der Waals surface area contributed by atoms with E-state index >= 15 is 0 Å². The summed E-state index contributed by atoms with van der Waals surface area (Å²) >= 11 is 3.65. The molecule has 2 aromatic heterocycles. The van der Waals surface area contributed by atoms with E-state index in [0.717, 1.165) is 23.8 Å². The molecular formula is C11H13BrN2O. The van der Waals surface area contributed by atoms with Gasteiger partial charge in [-0.15, -0.1) is 0 Å². The van der Waals surface area contributed by atoms with Gasteiger partial charge in [-0.05, 0) is 19.9 Å². The molecule has 0 aliphatic carbocycles. The summed E-state index contributed by atoms with van der Waals surface area (Å²) in [6, 6.07) is 2.07. The van der Waals surface area contributed by atoms with Crippen LogP contribution < -0.4 is 0 Å². The Labute approximate surface area is 97.0 Å². The Hall–Kier alpha value is -1.03. The molecule has 0 spiro atoms. The maximum absolute atomic E-state index is 5.49. The van der Waals surface area contributed by atoms with Crippen molar-refractivity contribution in [2.75, 3.05) is 0 Å². The van der Waals surface area contributed by atoms with Gasteiger partial charge in [0.1, 0.15) is 17.3 Å². The Morgan fingerprint density at radius 1 is 1.53 bits per heavy atom. The second kappa shape index (κ2) is 4.23. The monoisotopic (exact) mass is 268 g/mol. The van der Waals surface area contributed by atoms with Gasteiger partial charge in [-0.2, -0.15) is 0 Å². The molecule has 0 amide bonds. The summed E-state index contributed by atoms with van der Waals surface area (Å²) in [5, 5.41) is 0. The molecular weight excluding hydrogens is 256 g/mol. The first-order valence-corrected chi connectivity index (χ1v) is 5.77. The molecule has 0 aliphatic rings. The summed E-state index contributed by atoms with van der Waals surface area (Å²) in [6.07, 6.45) is 4.44. The highest BCUT2D eigenvalue weighted by Gasteiger charge is 2.15. The first-order chi connectivity index (χ1) is 7.16. The first-order valence-electron chi connectivity index (χ1n) is 4.86. The number of aryl methyl sites for hydroxylation is 2. The lowest BCUT2D eigenvalue weighted by Crippen LogP contribution is -1.97. The van der Waals surface area contributed by atoms with Crippen LogP contribution in [0.3, 0.4) is 0 Å². The fraction of sp³-hybridized carbons (Fsp3) is 0.364. The summed E-state index contributed by atoms with van der Waals surface area (Å²) in [5.41, 5.74) is 1.20. The van der Waals surface area contributed by atoms with Crippen molar-refractivity contribution in [3.63, 3.8) is 0 Å². The second-order valence-electron chi connectivity index (χ2n) is 3.58. The molecule has 1 atom stereocenters. The number of nitrogens with one attached hydrogen (secondary N) is 1. The third-order valence-electron chi connectivity index (χ3n) is 2.34. The maximum Gasteiger partial charge on any atom is 0.107 e. The van der Waals surface area contributed by atoms with Crippen LogP contribution in [-0.2, 0) is 6.42 Å². The Morgan fingerprint density at radius 2 is 2.33 bits per heavy atom. The van der Waals surface area contributed by atoms with E-state index in [1.165, 1.54) is 5.56 Å². The van der Waals surface area contributed by atoms with Crippen molar-refractivity contribution in [3.8, 4) is 0 Å². The number of nitrogens with zero attached hydrogens (tertiary/aromatic N) is 1. The number of hydrogen-bond acceptors (Lipinski definition) is 2. The number of alkyl halides is 1. The van der Waals surface area contributed by atoms with Gasteiger partial charge in [-0.25, -0.2) is 4.98 Å². The highest BCUT2D eigenvalue weighted by molar-refractivity contribution is 9.09. The van der Waals surface area contributed by atoms with Crippen LogP contribution in [0.15, 0.2) is 22.9 Å². The summed E-state index contributed by atoms with van der Waals surface area (Å²) < 4.78 is 5.49. The molecule has 2 aromatic rings. The quantitative estimate of drug-likeness (QED) is 0.868. The standard InChI is InChI=1S/C11H13BrN2O/c1-7-5-9(8(2)15-7)10(12)6-11-13-3-4-14-11/h3-5,10H,6H2,1-2H3,(H,13,14). The molecule has 15 heavy (non-hydrogen) atoms. The van der Waals surface area contributed by atoms with Gasteiger partial charge in [0.2, 0.25) is 0 Å². The summed E-state index contributed by atoms with van der Waals surface area (Å²) in [5.74, 6) is 2.91. The zero-order valence-corrected chi connectivity index (χ0v) is 10.3. The molecule has 0 radical (unpaired) electrons. The van der Waals surface area contributed by atoms with E-state index < -0.39 is 0 Å². The van der Waals surface area contributed by atoms with Crippen molar-refractivity contribution < 1.29 is 4.42 Å². The van der Waals surface area contributed by atoms with Gasteiger partial charge < -0.3 is 9.40 Å². The molecule has 0 bridgehead atoms. The number of aromatic amines is 1. The number of imidazole rings is 1. The number of hydrogen-bond donors (Lipinski definition) is 1. The lowest BCUT2D eigenvalue weighted by molar-refractivity contribution is 0.501. The zero-order valence-electron chi connectivity index (χ0n) is 8.75. The van der Waals surface area contributed by atoms with Gasteiger partial charge in [0.05, 0.1) is 0 Å². The van der Waals surface area contributed by atoms with Crippen molar-refractivity contribution in [1.82, 2.24) is 9.97 Å².